The zero-order valence-corrected chi connectivity index (χ0v) is 27.3. The van der Waals surface area contributed by atoms with Gasteiger partial charge in [-0.3, -0.25) is 19.2 Å². The molecule has 1 unspecified atom stereocenters. The minimum atomic E-state index is -1.68. The van der Waals surface area contributed by atoms with Crippen LogP contribution in [0.15, 0.2) is 48.7 Å². The highest BCUT2D eigenvalue weighted by molar-refractivity contribution is 6.01. The van der Waals surface area contributed by atoms with Gasteiger partial charge >= 0.3 is 6.09 Å². The SMILES string of the molecule is CC(C)(O)c1cnnn1[C@H]1C[C@@H](C(=O)NC2(C(O)C(N)=O)CCCCC2)N(C(=O)[C@@H](CNC(=O)O)NC(=O)c2ccc3ccccc3c2)C1. The number of nitrogens with zero attached hydrogens (tertiary/aromatic N) is 4. The monoisotopic (exact) mass is 678 g/mol. The highest BCUT2D eigenvalue weighted by Gasteiger charge is 2.49. The first-order valence-corrected chi connectivity index (χ1v) is 16.2. The third-order valence-corrected chi connectivity index (χ3v) is 9.40. The van der Waals surface area contributed by atoms with E-state index in [4.69, 9.17) is 5.73 Å². The van der Waals surface area contributed by atoms with Gasteiger partial charge in [0.15, 0.2) is 6.10 Å². The van der Waals surface area contributed by atoms with Gasteiger partial charge in [-0.1, -0.05) is 54.8 Å². The molecule has 1 aromatic heterocycles. The van der Waals surface area contributed by atoms with E-state index in [2.05, 4.69) is 26.3 Å². The molecule has 0 bridgehead atoms. The number of carbonyl (C=O) groups is 5. The normalized spacial score (nSPS) is 20.3. The molecule has 16 nitrogen and oxygen atoms in total. The molecule has 1 saturated carbocycles. The average Bonchev–Trinajstić information content (AvgIpc) is 3.74. The minimum Gasteiger partial charge on any atom is -0.465 e. The Kier molecular flexibility index (Phi) is 10.2. The van der Waals surface area contributed by atoms with Crippen molar-refractivity contribution < 1.29 is 39.3 Å². The number of nitrogens with two attached hydrogens (primary N) is 1. The van der Waals surface area contributed by atoms with E-state index in [1.165, 1.54) is 29.6 Å². The van der Waals surface area contributed by atoms with Gasteiger partial charge in [0.2, 0.25) is 17.7 Å². The van der Waals surface area contributed by atoms with Crippen molar-refractivity contribution in [1.29, 1.82) is 0 Å². The summed E-state index contributed by atoms with van der Waals surface area (Å²) < 4.78 is 1.43. The third-order valence-electron chi connectivity index (χ3n) is 9.40. The lowest BCUT2D eigenvalue weighted by atomic mass is 9.77. The molecule has 16 heteroatoms. The Balaban J connectivity index is 1.47. The first kappa shape index (κ1) is 35.2. The Bertz CT molecular complexity index is 1730. The number of hydrogen-bond donors (Lipinski definition) is 7. The molecular formula is C33H42N8O8. The van der Waals surface area contributed by atoms with Crippen LogP contribution in [0.4, 0.5) is 4.79 Å². The molecular weight excluding hydrogens is 636 g/mol. The summed E-state index contributed by atoms with van der Waals surface area (Å²) >= 11 is 0. The van der Waals surface area contributed by atoms with Crippen LogP contribution in [0.25, 0.3) is 10.8 Å². The second-order valence-electron chi connectivity index (χ2n) is 13.3. The summed E-state index contributed by atoms with van der Waals surface area (Å²) in [7, 11) is 0. The summed E-state index contributed by atoms with van der Waals surface area (Å²) in [6.07, 6.45) is 0.912. The van der Waals surface area contributed by atoms with Crippen LogP contribution in [0.2, 0.25) is 0 Å². The van der Waals surface area contributed by atoms with Crippen molar-refractivity contribution in [1.82, 2.24) is 35.8 Å². The highest BCUT2D eigenvalue weighted by Crippen LogP contribution is 2.35. The molecule has 262 valence electrons. The van der Waals surface area contributed by atoms with E-state index in [1.807, 2.05) is 24.3 Å². The van der Waals surface area contributed by atoms with E-state index in [0.717, 1.165) is 17.2 Å². The van der Waals surface area contributed by atoms with Crippen LogP contribution in [0.1, 0.15) is 74.5 Å². The lowest BCUT2D eigenvalue weighted by molar-refractivity contribution is -0.143. The Morgan fingerprint density at radius 3 is 2.41 bits per heavy atom. The zero-order valence-electron chi connectivity index (χ0n) is 27.3. The van der Waals surface area contributed by atoms with Gasteiger partial charge in [-0.15, -0.1) is 5.10 Å². The molecule has 3 aromatic rings. The number of aliphatic hydroxyl groups excluding tert-OH is 1. The number of hydrogen-bond acceptors (Lipinski definition) is 9. The Labute approximate surface area is 282 Å². The predicted octanol–water partition coefficient (Wildman–Crippen LogP) is 0.532. The number of carbonyl (C=O) groups excluding carboxylic acids is 4. The highest BCUT2D eigenvalue weighted by atomic mass is 16.4. The summed E-state index contributed by atoms with van der Waals surface area (Å²) in [4.78, 5) is 66.9. The Morgan fingerprint density at radius 2 is 1.76 bits per heavy atom. The first-order valence-electron chi connectivity index (χ1n) is 16.2. The molecule has 1 aliphatic heterocycles. The maximum absolute atomic E-state index is 14.3. The lowest BCUT2D eigenvalue weighted by Gasteiger charge is -2.41. The second-order valence-corrected chi connectivity index (χ2v) is 13.3. The smallest absolute Gasteiger partial charge is 0.404 e. The zero-order chi connectivity index (χ0) is 35.5. The number of rotatable bonds is 11. The first-order chi connectivity index (χ1) is 23.2. The number of aliphatic hydroxyl groups is 2. The van der Waals surface area contributed by atoms with Crippen molar-refractivity contribution in [3.8, 4) is 0 Å². The fourth-order valence-corrected chi connectivity index (χ4v) is 6.85. The van der Waals surface area contributed by atoms with Gasteiger partial charge in [0.1, 0.15) is 17.7 Å². The maximum atomic E-state index is 14.3. The van der Waals surface area contributed by atoms with Crippen LogP contribution in [-0.2, 0) is 20.0 Å². The van der Waals surface area contributed by atoms with E-state index in [0.29, 0.717) is 18.5 Å². The van der Waals surface area contributed by atoms with Crippen LogP contribution in [0, 0.1) is 0 Å². The number of fused-ring (bicyclic) bond motifs is 1. The van der Waals surface area contributed by atoms with E-state index < -0.39 is 71.6 Å². The molecule has 2 aromatic carbocycles. The molecule has 4 atom stereocenters. The molecule has 0 spiro atoms. The van der Waals surface area contributed by atoms with Gasteiger partial charge in [0, 0.05) is 18.5 Å². The Hall–Kier alpha value is -5.09. The van der Waals surface area contributed by atoms with Crippen molar-refractivity contribution in [2.45, 2.75) is 87.7 Å². The number of amides is 5. The van der Waals surface area contributed by atoms with Crippen LogP contribution in [0.3, 0.4) is 0 Å². The van der Waals surface area contributed by atoms with Crippen LogP contribution in [0.5, 0.6) is 0 Å². The van der Waals surface area contributed by atoms with Crippen molar-refractivity contribution in [2.75, 3.05) is 13.1 Å². The largest absolute Gasteiger partial charge is 0.465 e. The van der Waals surface area contributed by atoms with Crippen molar-refractivity contribution in [3.63, 3.8) is 0 Å². The average molecular weight is 679 g/mol. The van der Waals surface area contributed by atoms with Gasteiger partial charge in [0.05, 0.1) is 30.0 Å². The molecule has 5 rings (SSSR count). The Morgan fingerprint density at radius 1 is 1.06 bits per heavy atom. The fourth-order valence-electron chi connectivity index (χ4n) is 6.85. The standard InChI is InChI=1S/C33H42N8O8/c1-32(2,49)25-17-36-39-41(25)22-15-24(29(45)38-33(26(42)27(34)43)12-6-3-7-13-33)40(18-22)30(46)23(16-35-31(47)48)37-28(44)21-11-10-19-8-4-5-9-20(19)14-21/h4-5,8-11,14,17,22-24,26,35,42,49H,3,6-7,12-13,15-16,18H2,1-2H3,(H2,34,43)(H,37,44)(H,38,45)(H,47,48)/t22-,23+,24-,26?/m0/s1. The van der Waals surface area contributed by atoms with E-state index in [1.54, 1.807) is 18.2 Å². The lowest BCUT2D eigenvalue weighted by Crippen LogP contribution is -2.64. The van der Waals surface area contributed by atoms with Gasteiger partial charge < -0.3 is 41.9 Å². The number of primary amides is 1. The summed E-state index contributed by atoms with van der Waals surface area (Å²) in [5.41, 5.74) is 3.31. The number of benzene rings is 2. The molecule has 5 amide bonds. The van der Waals surface area contributed by atoms with Crippen LogP contribution < -0.4 is 21.7 Å². The predicted molar refractivity (Wildman–Crippen MR) is 175 cm³/mol. The third kappa shape index (κ3) is 7.65. The fraction of sp³-hybridized carbons (Fsp3) is 0.485. The quantitative estimate of drug-likeness (QED) is 0.148. The summed E-state index contributed by atoms with van der Waals surface area (Å²) in [6, 6.07) is 9.06. The van der Waals surface area contributed by atoms with E-state index in [-0.39, 0.29) is 31.4 Å². The molecule has 0 radical (unpaired) electrons. The summed E-state index contributed by atoms with van der Waals surface area (Å²) in [5.74, 6) is -3.06. The molecule has 2 aliphatic rings. The van der Waals surface area contributed by atoms with Crippen molar-refractivity contribution in [2.24, 2.45) is 5.73 Å². The van der Waals surface area contributed by atoms with Gasteiger partial charge in [-0.25, -0.2) is 9.48 Å². The second kappa shape index (κ2) is 14.2. The molecule has 2 heterocycles. The van der Waals surface area contributed by atoms with Gasteiger partial charge in [-0.05, 0) is 49.6 Å². The molecule has 1 saturated heterocycles. The van der Waals surface area contributed by atoms with Crippen molar-refractivity contribution in [3.05, 3.63) is 59.9 Å². The molecule has 2 fully saturated rings. The van der Waals surface area contributed by atoms with Gasteiger partial charge in [0.25, 0.3) is 5.91 Å². The number of aromatic nitrogens is 3. The molecule has 1 aliphatic carbocycles. The summed E-state index contributed by atoms with van der Waals surface area (Å²) in [6.45, 7) is 2.45. The summed E-state index contributed by atoms with van der Waals surface area (Å²) in [5, 5.41) is 48.4. The van der Waals surface area contributed by atoms with Crippen LogP contribution in [-0.4, -0.2) is 102 Å². The van der Waals surface area contributed by atoms with E-state index >= 15 is 0 Å². The maximum Gasteiger partial charge on any atom is 0.404 e. The molecule has 8 N–H and O–H groups in total. The van der Waals surface area contributed by atoms with Crippen LogP contribution >= 0.6 is 0 Å². The number of nitrogens with one attached hydrogen (secondary N) is 3. The molecule has 49 heavy (non-hydrogen) atoms. The number of carboxylic acid groups (broad SMARTS) is 1. The number of likely N-dealkylation sites (tertiary alicyclic amines) is 1. The van der Waals surface area contributed by atoms with E-state index in [9.17, 15) is 39.3 Å². The topological polar surface area (TPSA) is 242 Å². The minimum absolute atomic E-state index is 0.00946. The van der Waals surface area contributed by atoms with Gasteiger partial charge in [-0.2, -0.15) is 0 Å². The van der Waals surface area contributed by atoms with Crippen molar-refractivity contribution >= 4 is 40.5 Å².